The molecule has 3 rings (SSSR count). The summed E-state index contributed by atoms with van der Waals surface area (Å²) in [4.78, 5) is 12.3. The Morgan fingerprint density at radius 3 is 2.96 bits per heavy atom. The van der Waals surface area contributed by atoms with Gasteiger partial charge in [-0.1, -0.05) is 36.4 Å². The molecule has 120 valence electrons. The zero-order chi connectivity index (χ0) is 16.2. The number of carbonyl (C=O) groups excluding carboxylic acids is 1. The Morgan fingerprint density at radius 2 is 2.13 bits per heavy atom. The average Bonchev–Trinajstić information content (AvgIpc) is 2.59. The van der Waals surface area contributed by atoms with Crippen molar-refractivity contribution < 1.29 is 9.18 Å². The largest absolute Gasteiger partial charge is 0.354 e. The van der Waals surface area contributed by atoms with Crippen molar-refractivity contribution in [1.29, 1.82) is 0 Å². The van der Waals surface area contributed by atoms with Crippen molar-refractivity contribution in [3.63, 3.8) is 0 Å². The Bertz CT molecular complexity index is 701. The highest BCUT2D eigenvalue weighted by atomic mass is 19.1. The second-order valence-electron chi connectivity index (χ2n) is 5.98. The highest BCUT2D eigenvalue weighted by Gasteiger charge is 2.21. The molecule has 2 aromatic carbocycles. The van der Waals surface area contributed by atoms with Gasteiger partial charge < -0.3 is 10.6 Å². The minimum Gasteiger partial charge on any atom is -0.354 e. The number of benzene rings is 2. The van der Waals surface area contributed by atoms with Crippen LogP contribution in [-0.4, -0.2) is 19.0 Å². The van der Waals surface area contributed by atoms with E-state index in [1.807, 2.05) is 12.1 Å². The minimum absolute atomic E-state index is 0.0829. The first-order chi connectivity index (χ1) is 11.1. The van der Waals surface area contributed by atoms with Gasteiger partial charge in [-0.2, -0.15) is 0 Å². The Morgan fingerprint density at radius 1 is 1.30 bits per heavy atom. The summed E-state index contributed by atoms with van der Waals surface area (Å²) in [5.74, 6) is -0.769. The smallest absolute Gasteiger partial charge is 0.227 e. The van der Waals surface area contributed by atoms with Crippen molar-refractivity contribution in [1.82, 2.24) is 10.6 Å². The lowest BCUT2D eigenvalue weighted by Crippen LogP contribution is -2.40. The maximum absolute atomic E-state index is 13.3. The average molecular weight is 312 g/mol. The molecule has 1 amide bonds. The number of amides is 1. The first-order valence-corrected chi connectivity index (χ1v) is 7.99. The van der Waals surface area contributed by atoms with E-state index in [0.29, 0.717) is 12.1 Å². The molecule has 1 heterocycles. The lowest BCUT2D eigenvalue weighted by atomic mass is 9.94. The van der Waals surface area contributed by atoms with E-state index in [9.17, 15) is 9.18 Å². The third kappa shape index (κ3) is 3.59. The van der Waals surface area contributed by atoms with Crippen molar-refractivity contribution in [3.05, 3.63) is 71.0 Å². The summed E-state index contributed by atoms with van der Waals surface area (Å²) < 4.78 is 13.3. The lowest BCUT2D eigenvalue weighted by Gasteiger charge is -2.27. The molecule has 23 heavy (non-hydrogen) atoms. The molecule has 0 radical (unpaired) electrons. The quantitative estimate of drug-likeness (QED) is 0.911. The van der Waals surface area contributed by atoms with Crippen LogP contribution in [0, 0.1) is 5.82 Å². The van der Waals surface area contributed by atoms with E-state index >= 15 is 0 Å². The second-order valence-corrected chi connectivity index (χ2v) is 5.98. The van der Waals surface area contributed by atoms with E-state index in [0.717, 1.165) is 13.0 Å². The molecule has 2 aromatic rings. The monoisotopic (exact) mass is 312 g/mol. The van der Waals surface area contributed by atoms with Crippen LogP contribution >= 0.6 is 0 Å². The summed E-state index contributed by atoms with van der Waals surface area (Å²) in [6.07, 6.45) is 1.01. The molecular formula is C19H21FN2O. The molecular weight excluding hydrogens is 291 g/mol. The third-order valence-corrected chi connectivity index (χ3v) is 4.44. The van der Waals surface area contributed by atoms with E-state index in [4.69, 9.17) is 0 Å². The molecule has 0 fully saturated rings. The fraction of sp³-hybridized carbons (Fsp3) is 0.316. The van der Waals surface area contributed by atoms with Crippen LogP contribution < -0.4 is 10.6 Å². The van der Waals surface area contributed by atoms with E-state index in [-0.39, 0.29) is 23.7 Å². The predicted molar refractivity (Wildman–Crippen MR) is 88.7 cm³/mol. The molecule has 2 unspecified atom stereocenters. The Kier molecular flexibility index (Phi) is 4.72. The van der Waals surface area contributed by atoms with Crippen LogP contribution in [0.5, 0.6) is 0 Å². The molecule has 2 atom stereocenters. The summed E-state index contributed by atoms with van der Waals surface area (Å²) in [6.45, 7) is 3.25. The number of carbonyl (C=O) groups is 1. The van der Waals surface area contributed by atoms with Crippen molar-refractivity contribution >= 4 is 5.91 Å². The van der Waals surface area contributed by atoms with Gasteiger partial charge in [0, 0.05) is 12.6 Å². The van der Waals surface area contributed by atoms with Crippen LogP contribution in [0.25, 0.3) is 0 Å². The molecule has 0 aliphatic carbocycles. The topological polar surface area (TPSA) is 41.1 Å². The summed E-state index contributed by atoms with van der Waals surface area (Å²) in [5.41, 5.74) is 3.28. The summed E-state index contributed by atoms with van der Waals surface area (Å²) in [7, 11) is 0. The van der Waals surface area contributed by atoms with Gasteiger partial charge in [-0.15, -0.1) is 0 Å². The number of fused-ring (bicyclic) bond motifs is 1. The normalized spacial score (nSPS) is 18.1. The highest BCUT2D eigenvalue weighted by molar-refractivity contribution is 5.83. The van der Waals surface area contributed by atoms with Gasteiger partial charge in [0.1, 0.15) is 5.82 Å². The van der Waals surface area contributed by atoms with Gasteiger partial charge in [0.15, 0.2) is 0 Å². The standard InChI is InChI=1S/C19H21FN2O/c1-13(15-6-4-7-16(20)11-15)19(23)22-12-18-17-8-3-2-5-14(17)9-10-21-18/h2-8,11,13,18,21H,9-10,12H2,1H3,(H,22,23). The number of halogens is 1. The van der Waals surface area contributed by atoms with Gasteiger partial charge in [0.05, 0.1) is 5.92 Å². The van der Waals surface area contributed by atoms with E-state index < -0.39 is 0 Å². The van der Waals surface area contributed by atoms with Crippen LogP contribution in [0.1, 0.15) is 35.6 Å². The SMILES string of the molecule is CC(C(=O)NCC1NCCc2ccccc21)c1cccc(F)c1. The lowest BCUT2D eigenvalue weighted by molar-refractivity contribution is -0.122. The van der Waals surface area contributed by atoms with Gasteiger partial charge in [-0.3, -0.25) is 4.79 Å². The third-order valence-electron chi connectivity index (χ3n) is 4.44. The maximum atomic E-state index is 13.3. The Labute approximate surface area is 135 Å². The van der Waals surface area contributed by atoms with E-state index in [1.54, 1.807) is 19.1 Å². The molecule has 0 saturated carbocycles. The molecule has 0 spiro atoms. The van der Waals surface area contributed by atoms with Crippen molar-refractivity contribution in [2.45, 2.75) is 25.3 Å². The van der Waals surface area contributed by atoms with Gasteiger partial charge in [0.25, 0.3) is 0 Å². The molecule has 2 N–H and O–H groups in total. The molecule has 4 heteroatoms. The van der Waals surface area contributed by atoms with Crippen LogP contribution in [0.4, 0.5) is 4.39 Å². The van der Waals surface area contributed by atoms with Crippen LogP contribution in [0.2, 0.25) is 0 Å². The molecule has 0 aromatic heterocycles. The fourth-order valence-electron chi connectivity index (χ4n) is 3.06. The second kappa shape index (κ2) is 6.92. The Balaban J connectivity index is 1.64. The van der Waals surface area contributed by atoms with E-state index in [2.05, 4.69) is 22.8 Å². The van der Waals surface area contributed by atoms with Gasteiger partial charge in [0.2, 0.25) is 5.91 Å². The molecule has 3 nitrogen and oxygen atoms in total. The zero-order valence-electron chi connectivity index (χ0n) is 13.2. The van der Waals surface area contributed by atoms with Gasteiger partial charge >= 0.3 is 0 Å². The summed E-state index contributed by atoms with van der Waals surface area (Å²) in [6, 6.07) is 14.7. The van der Waals surface area contributed by atoms with Crippen LogP contribution in [0.15, 0.2) is 48.5 Å². The van der Waals surface area contributed by atoms with Crippen molar-refractivity contribution in [2.75, 3.05) is 13.1 Å². The number of hydrogen-bond donors (Lipinski definition) is 2. The van der Waals surface area contributed by atoms with Gasteiger partial charge in [-0.05, 0) is 48.7 Å². The number of rotatable bonds is 4. The fourth-order valence-corrected chi connectivity index (χ4v) is 3.06. The van der Waals surface area contributed by atoms with Gasteiger partial charge in [-0.25, -0.2) is 4.39 Å². The number of hydrogen-bond acceptors (Lipinski definition) is 2. The van der Waals surface area contributed by atoms with E-state index in [1.165, 1.54) is 23.3 Å². The minimum atomic E-state index is -0.371. The summed E-state index contributed by atoms with van der Waals surface area (Å²) >= 11 is 0. The highest BCUT2D eigenvalue weighted by Crippen LogP contribution is 2.22. The first-order valence-electron chi connectivity index (χ1n) is 7.99. The molecule has 1 aliphatic rings. The molecule has 0 saturated heterocycles. The molecule has 0 bridgehead atoms. The maximum Gasteiger partial charge on any atom is 0.227 e. The van der Waals surface area contributed by atoms with Crippen molar-refractivity contribution in [3.8, 4) is 0 Å². The molecule has 1 aliphatic heterocycles. The predicted octanol–water partition coefficient (Wildman–Crippen LogP) is 2.93. The van der Waals surface area contributed by atoms with Crippen LogP contribution in [-0.2, 0) is 11.2 Å². The summed E-state index contributed by atoms with van der Waals surface area (Å²) in [5, 5.41) is 6.43. The Hall–Kier alpha value is -2.20. The number of nitrogens with one attached hydrogen (secondary N) is 2. The van der Waals surface area contributed by atoms with Crippen molar-refractivity contribution in [2.24, 2.45) is 0 Å². The first kappa shape index (κ1) is 15.7. The van der Waals surface area contributed by atoms with Crippen LogP contribution in [0.3, 0.4) is 0 Å². The zero-order valence-corrected chi connectivity index (χ0v) is 13.2.